The Bertz CT molecular complexity index is 625. The van der Waals surface area contributed by atoms with Gasteiger partial charge < -0.3 is 14.8 Å². The van der Waals surface area contributed by atoms with Crippen LogP contribution in [0.2, 0.25) is 0 Å². The van der Waals surface area contributed by atoms with Crippen molar-refractivity contribution in [2.45, 2.75) is 24.9 Å². The maximum Gasteiger partial charge on any atom is 0.278 e. The number of aliphatic hydroxyl groups excluding tert-OH is 1. The molecule has 2 aromatic rings. The van der Waals surface area contributed by atoms with Crippen LogP contribution in [0, 0.1) is 0 Å². The summed E-state index contributed by atoms with van der Waals surface area (Å²) >= 11 is 0. The van der Waals surface area contributed by atoms with Crippen LogP contribution in [0.4, 0.5) is 4.39 Å². The molecule has 7 nitrogen and oxygen atoms in total. The summed E-state index contributed by atoms with van der Waals surface area (Å²) in [5.41, 5.74) is 0.0246. The molecule has 0 spiro atoms. The lowest BCUT2D eigenvalue weighted by atomic mass is 10.2. The number of H-pyrrole nitrogens is 1. The Balaban J connectivity index is 2.05. The first-order valence-electron chi connectivity index (χ1n) is 5.51. The van der Waals surface area contributed by atoms with Crippen LogP contribution in [-0.2, 0) is 4.74 Å². The van der Waals surface area contributed by atoms with E-state index in [4.69, 9.17) is 9.84 Å². The molecule has 0 radical (unpaired) electrons. The van der Waals surface area contributed by atoms with Crippen LogP contribution in [0.5, 0.6) is 0 Å². The van der Waals surface area contributed by atoms with Gasteiger partial charge in [-0.05, 0) is 0 Å². The number of imidazole rings is 1. The molecule has 0 aromatic carbocycles. The molecule has 0 aliphatic carbocycles. The van der Waals surface area contributed by atoms with E-state index in [1.807, 2.05) is 0 Å². The third-order valence-electron chi connectivity index (χ3n) is 2.97. The largest absolute Gasteiger partial charge is 0.394 e. The van der Waals surface area contributed by atoms with Crippen LogP contribution in [0.15, 0.2) is 17.4 Å². The number of nitrogens with one attached hydrogen (secondary N) is 1. The number of rotatable bonds is 2. The van der Waals surface area contributed by atoms with Gasteiger partial charge in [-0.3, -0.25) is 9.36 Å². The van der Waals surface area contributed by atoms with Crippen molar-refractivity contribution in [2.24, 2.45) is 0 Å². The molecule has 1 fully saturated rings. The standard InChI is InChI=1S/C10H11FN4O3/c11-6-1-5(2-16)18-10(6)15-4-14-7-8(15)12-3-13-9(7)17/h3-6,10,16H,1-2H2,(H,12,13,17)/t5-,6-,10-/m1/s1. The third-order valence-corrected chi connectivity index (χ3v) is 2.97. The number of fused-ring (bicyclic) bond motifs is 1. The summed E-state index contributed by atoms with van der Waals surface area (Å²) in [7, 11) is 0. The van der Waals surface area contributed by atoms with Crippen molar-refractivity contribution in [2.75, 3.05) is 6.61 Å². The Labute approximate surface area is 100 Å². The van der Waals surface area contributed by atoms with Crippen LogP contribution >= 0.6 is 0 Å². The molecule has 0 unspecified atom stereocenters. The van der Waals surface area contributed by atoms with Gasteiger partial charge in [0, 0.05) is 6.42 Å². The van der Waals surface area contributed by atoms with Crippen molar-refractivity contribution in [3.05, 3.63) is 23.0 Å². The average molecular weight is 254 g/mol. The van der Waals surface area contributed by atoms with E-state index in [1.165, 1.54) is 17.2 Å². The number of nitrogens with zero attached hydrogens (tertiary/aromatic N) is 3. The molecule has 2 N–H and O–H groups in total. The van der Waals surface area contributed by atoms with Gasteiger partial charge in [0.25, 0.3) is 5.56 Å². The Kier molecular flexibility index (Phi) is 2.60. The highest BCUT2D eigenvalue weighted by Gasteiger charge is 2.37. The fourth-order valence-corrected chi connectivity index (χ4v) is 2.11. The molecular weight excluding hydrogens is 243 g/mol. The number of halogens is 1. The molecule has 3 rings (SSSR count). The van der Waals surface area contributed by atoms with Gasteiger partial charge in [0.15, 0.2) is 17.4 Å². The van der Waals surface area contributed by atoms with E-state index in [9.17, 15) is 9.18 Å². The Hall–Kier alpha value is -1.80. The average Bonchev–Trinajstić information content (AvgIpc) is 2.93. The third kappa shape index (κ3) is 1.61. The van der Waals surface area contributed by atoms with Gasteiger partial charge in [-0.2, -0.15) is 0 Å². The minimum absolute atomic E-state index is 0.115. The van der Waals surface area contributed by atoms with Crippen molar-refractivity contribution in [3.63, 3.8) is 0 Å². The van der Waals surface area contributed by atoms with E-state index in [-0.39, 0.29) is 29.8 Å². The van der Waals surface area contributed by atoms with Gasteiger partial charge in [-0.25, -0.2) is 14.4 Å². The van der Waals surface area contributed by atoms with E-state index in [0.717, 1.165) is 0 Å². The van der Waals surface area contributed by atoms with Gasteiger partial charge in [0.05, 0.1) is 25.4 Å². The smallest absolute Gasteiger partial charge is 0.278 e. The maximum absolute atomic E-state index is 13.8. The van der Waals surface area contributed by atoms with Crippen molar-refractivity contribution in [1.82, 2.24) is 19.5 Å². The van der Waals surface area contributed by atoms with Crippen LogP contribution in [0.1, 0.15) is 12.6 Å². The van der Waals surface area contributed by atoms with Gasteiger partial charge in [-0.1, -0.05) is 0 Å². The van der Waals surface area contributed by atoms with Crippen molar-refractivity contribution >= 4 is 11.2 Å². The SMILES string of the molecule is O=c1[nH]cnc2c1ncn2[C@@H]1O[C@@H](CO)C[C@H]1F. The molecular formula is C10H11FN4O3. The minimum Gasteiger partial charge on any atom is -0.394 e. The highest BCUT2D eigenvalue weighted by Crippen LogP contribution is 2.32. The number of aromatic nitrogens is 4. The number of aromatic amines is 1. The second-order valence-electron chi connectivity index (χ2n) is 4.14. The second kappa shape index (κ2) is 4.14. The van der Waals surface area contributed by atoms with Crippen LogP contribution in [0.3, 0.4) is 0 Å². The first kappa shape index (κ1) is 11.3. The van der Waals surface area contributed by atoms with Gasteiger partial charge in [0.1, 0.15) is 6.17 Å². The number of hydrogen-bond donors (Lipinski definition) is 2. The van der Waals surface area contributed by atoms with Crippen LogP contribution in [-0.4, -0.2) is 43.5 Å². The number of alkyl halides is 1. The molecule has 1 aliphatic heterocycles. The molecule has 8 heteroatoms. The summed E-state index contributed by atoms with van der Waals surface area (Å²) in [5.74, 6) is 0. The van der Waals surface area contributed by atoms with E-state index >= 15 is 0 Å². The predicted molar refractivity (Wildman–Crippen MR) is 58.7 cm³/mol. The maximum atomic E-state index is 13.8. The highest BCUT2D eigenvalue weighted by atomic mass is 19.1. The van der Waals surface area contributed by atoms with E-state index in [1.54, 1.807) is 0 Å². The number of aliphatic hydroxyl groups is 1. The fourth-order valence-electron chi connectivity index (χ4n) is 2.11. The summed E-state index contributed by atoms with van der Waals surface area (Å²) in [5, 5.41) is 8.97. The summed E-state index contributed by atoms with van der Waals surface area (Å²) in [6.07, 6.45) is -0.0331. The number of hydrogen-bond acceptors (Lipinski definition) is 5. The predicted octanol–water partition coefficient (Wildman–Crippen LogP) is -0.263. The molecule has 1 aliphatic rings. The lowest BCUT2D eigenvalue weighted by Crippen LogP contribution is -2.17. The zero-order valence-corrected chi connectivity index (χ0v) is 9.28. The topological polar surface area (TPSA) is 93.0 Å². The second-order valence-corrected chi connectivity index (χ2v) is 4.14. The molecule has 2 aromatic heterocycles. The minimum atomic E-state index is -1.26. The quantitative estimate of drug-likeness (QED) is 0.770. The first-order chi connectivity index (χ1) is 8.70. The molecule has 18 heavy (non-hydrogen) atoms. The zero-order chi connectivity index (χ0) is 12.7. The highest BCUT2D eigenvalue weighted by molar-refractivity contribution is 5.68. The fraction of sp³-hybridized carbons (Fsp3) is 0.500. The molecule has 3 atom stereocenters. The van der Waals surface area contributed by atoms with Crippen LogP contribution < -0.4 is 5.56 Å². The number of ether oxygens (including phenoxy) is 1. The van der Waals surface area contributed by atoms with E-state index in [0.29, 0.717) is 0 Å². The van der Waals surface area contributed by atoms with Gasteiger partial charge in [0.2, 0.25) is 0 Å². The first-order valence-corrected chi connectivity index (χ1v) is 5.51. The van der Waals surface area contributed by atoms with Crippen molar-refractivity contribution in [3.8, 4) is 0 Å². The lowest BCUT2D eigenvalue weighted by molar-refractivity contribution is -0.0351. The van der Waals surface area contributed by atoms with Crippen molar-refractivity contribution in [1.29, 1.82) is 0 Å². The molecule has 3 heterocycles. The zero-order valence-electron chi connectivity index (χ0n) is 9.28. The normalized spacial score (nSPS) is 28.0. The molecule has 0 saturated carbocycles. The van der Waals surface area contributed by atoms with Crippen LogP contribution in [0.25, 0.3) is 11.2 Å². The van der Waals surface area contributed by atoms with E-state index < -0.39 is 18.5 Å². The van der Waals surface area contributed by atoms with Crippen molar-refractivity contribution < 1.29 is 14.2 Å². The summed E-state index contributed by atoms with van der Waals surface area (Å²) < 4.78 is 20.6. The summed E-state index contributed by atoms with van der Waals surface area (Å²) in [6, 6.07) is 0. The van der Waals surface area contributed by atoms with Gasteiger partial charge in [-0.15, -0.1) is 0 Å². The molecule has 96 valence electrons. The molecule has 0 amide bonds. The molecule has 1 saturated heterocycles. The Morgan fingerprint density at radius 3 is 3.17 bits per heavy atom. The van der Waals surface area contributed by atoms with E-state index in [2.05, 4.69) is 15.0 Å². The Morgan fingerprint density at radius 2 is 2.44 bits per heavy atom. The summed E-state index contributed by atoms with van der Waals surface area (Å²) in [4.78, 5) is 21.7. The lowest BCUT2D eigenvalue weighted by Gasteiger charge is -2.14. The molecule has 0 bridgehead atoms. The van der Waals surface area contributed by atoms with Gasteiger partial charge >= 0.3 is 0 Å². The Morgan fingerprint density at radius 1 is 1.61 bits per heavy atom. The summed E-state index contributed by atoms with van der Waals surface area (Å²) in [6.45, 7) is -0.239. The monoisotopic (exact) mass is 254 g/mol.